The second-order valence-electron chi connectivity index (χ2n) is 8.32. The number of hydrogen-bond donors (Lipinski definition) is 2. The molecule has 3 heterocycles. The second-order valence-corrected chi connectivity index (χ2v) is 8.73. The van der Waals surface area contributed by atoms with Crippen molar-refractivity contribution < 1.29 is 23.0 Å². The Labute approximate surface area is 210 Å². The molecule has 0 unspecified atom stereocenters. The van der Waals surface area contributed by atoms with Crippen molar-refractivity contribution in [2.45, 2.75) is 18.8 Å². The Bertz CT molecular complexity index is 1370. The molecule has 0 atom stereocenters. The Morgan fingerprint density at radius 2 is 2.06 bits per heavy atom. The van der Waals surface area contributed by atoms with Crippen LogP contribution in [0.5, 0.6) is 11.5 Å². The molecule has 1 aliphatic rings. The zero-order chi connectivity index (χ0) is 26.0. The molecule has 2 aromatic heterocycles. The van der Waals surface area contributed by atoms with Crippen LogP contribution in [0.2, 0.25) is 5.02 Å². The van der Waals surface area contributed by atoms with Crippen molar-refractivity contribution in [1.29, 1.82) is 0 Å². The molecule has 36 heavy (non-hydrogen) atoms. The SMILES string of the molecule is CNC(=O)COc1cc2cc(Nc3nc(N4CCCC(F)(F)C4)ncc3Cl)cc(OC)c2n(C)c1=O. The fraction of sp³-hybridized carbons (Fsp3) is 0.391. The average molecular weight is 523 g/mol. The Kier molecular flexibility index (Phi) is 7.16. The van der Waals surface area contributed by atoms with Gasteiger partial charge in [0, 0.05) is 44.2 Å². The average Bonchev–Trinajstić information content (AvgIpc) is 2.85. The second kappa shape index (κ2) is 10.1. The van der Waals surface area contributed by atoms with Crippen LogP contribution in [0.4, 0.5) is 26.2 Å². The summed E-state index contributed by atoms with van der Waals surface area (Å²) in [5, 5.41) is 6.28. The van der Waals surface area contributed by atoms with Gasteiger partial charge in [0.1, 0.15) is 10.8 Å². The number of benzene rings is 1. The van der Waals surface area contributed by atoms with Crippen LogP contribution in [0.3, 0.4) is 0 Å². The maximum atomic E-state index is 13.9. The molecule has 1 fully saturated rings. The highest BCUT2D eigenvalue weighted by Crippen LogP contribution is 2.34. The van der Waals surface area contributed by atoms with Gasteiger partial charge in [0.05, 0.1) is 25.4 Å². The standard InChI is InChI=1S/C23H25ClF2N6O4/c1-27-18(33)11-36-17-8-13-7-14(9-16(35-3)19(13)31(2)21(17)34)29-20-15(24)10-28-22(30-20)32-6-4-5-23(25,26)12-32/h7-10H,4-6,11-12H2,1-3H3,(H,27,33)(H,28,29,30). The van der Waals surface area contributed by atoms with E-state index < -0.39 is 18.0 Å². The number of nitrogens with one attached hydrogen (secondary N) is 2. The van der Waals surface area contributed by atoms with Crippen LogP contribution in [0, 0.1) is 0 Å². The third kappa shape index (κ3) is 5.27. The number of alkyl halides is 2. The molecule has 13 heteroatoms. The highest BCUT2D eigenvalue weighted by atomic mass is 35.5. The van der Waals surface area contributed by atoms with E-state index in [1.165, 1.54) is 35.9 Å². The van der Waals surface area contributed by atoms with Gasteiger partial charge < -0.3 is 29.6 Å². The number of aryl methyl sites for hydroxylation is 1. The fourth-order valence-electron chi connectivity index (χ4n) is 3.99. The molecule has 0 radical (unpaired) electrons. The molecule has 2 N–H and O–H groups in total. The van der Waals surface area contributed by atoms with Crippen LogP contribution in [-0.2, 0) is 11.8 Å². The molecular formula is C23H25ClF2N6O4. The van der Waals surface area contributed by atoms with E-state index in [0.29, 0.717) is 35.3 Å². The summed E-state index contributed by atoms with van der Waals surface area (Å²) in [4.78, 5) is 34.2. The van der Waals surface area contributed by atoms with E-state index in [1.54, 1.807) is 19.2 Å². The van der Waals surface area contributed by atoms with E-state index in [1.807, 2.05) is 0 Å². The van der Waals surface area contributed by atoms with Gasteiger partial charge in [-0.3, -0.25) is 9.59 Å². The normalized spacial score (nSPS) is 15.0. The van der Waals surface area contributed by atoms with E-state index in [4.69, 9.17) is 21.1 Å². The summed E-state index contributed by atoms with van der Waals surface area (Å²) in [5.41, 5.74) is 0.573. The largest absolute Gasteiger partial charge is 0.494 e. The first-order chi connectivity index (χ1) is 17.1. The number of methoxy groups -OCH3 is 1. The first-order valence-electron chi connectivity index (χ1n) is 11.1. The number of anilines is 3. The van der Waals surface area contributed by atoms with Crippen LogP contribution in [-0.4, -0.2) is 60.2 Å². The first-order valence-corrected chi connectivity index (χ1v) is 11.5. The molecule has 0 spiro atoms. The highest BCUT2D eigenvalue weighted by molar-refractivity contribution is 6.32. The third-order valence-corrected chi connectivity index (χ3v) is 6.05. The Hall–Kier alpha value is -3.67. The van der Waals surface area contributed by atoms with Gasteiger partial charge in [-0.1, -0.05) is 11.6 Å². The summed E-state index contributed by atoms with van der Waals surface area (Å²) < 4.78 is 40.1. The third-order valence-electron chi connectivity index (χ3n) is 5.77. The highest BCUT2D eigenvalue weighted by Gasteiger charge is 2.36. The van der Waals surface area contributed by atoms with E-state index in [9.17, 15) is 18.4 Å². The molecule has 3 aromatic rings. The number of amides is 1. The number of pyridine rings is 1. The summed E-state index contributed by atoms with van der Waals surface area (Å²) in [5.74, 6) is -2.46. The van der Waals surface area contributed by atoms with Gasteiger partial charge in [-0.05, 0) is 18.6 Å². The summed E-state index contributed by atoms with van der Waals surface area (Å²) in [6, 6.07) is 4.88. The van der Waals surface area contributed by atoms with Crippen LogP contribution in [0.25, 0.3) is 10.9 Å². The van der Waals surface area contributed by atoms with Gasteiger partial charge >= 0.3 is 0 Å². The van der Waals surface area contributed by atoms with Crippen molar-refractivity contribution in [2.75, 3.05) is 44.1 Å². The van der Waals surface area contributed by atoms with Gasteiger partial charge in [-0.25, -0.2) is 13.8 Å². The Morgan fingerprint density at radius 1 is 1.28 bits per heavy atom. The van der Waals surface area contributed by atoms with E-state index in [-0.39, 0.29) is 41.5 Å². The number of carbonyl (C=O) groups is 1. The number of hydrogen-bond acceptors (Lipinski definition) is 8. The molecule has 0 aliphatic carbocycles. The molecule has 4 rings (SSSR count). The molecular weight excluding hydrogens is 498 g/mol. The van der Waals surface area contributed by atoms with Crippen molar-refractivity contribution in [2.24, 2.45) is 7.05 Å². The number of nitrogens with zero attached hydrogens (tertiary/aromatic N) is 4. The van der Waals surface area contributed by atoms with Crippen molar-refractivity contribution in [3.63, 3.8) is 0 Å². The van der Waals surface area contributed by atoms with Crippen molar-refractivity contribution in [3.8, 4) is 11.5 Å². The number of ether oxygens (including phenoxy) is 2. The smallest absolute Gasteiger partial charge is 0.293 e. The zero-order valence-electron chi connectivity index (χ0n) is 19.9. The quantitative estimate of drug-likeness (QED) is 0.487. The number of piperidine rings is 1. The number of likely N-dealkylation sites (N-methyl/N-ethyl adjacent to an activating group) is 1. The van der Waals surface area contributed by atoms with E-state index >= 15 is 0 Å². The first kappa shape index (κ1) is 25.4. The minimum absolute atomic E-state index is 0.0128. The Balaban J connectivity index is 1.70. The lowest BCUT2D eigenvalue weighted by atomic mass is 10.1. The topological polar surface area (TPSA) is 111 Å². The Morgan fingerprint density at radius 3 is 2.75 bits per heavy atom. The predicted octanol–water partition coefficient (Wildman–Crippen LogP) is 3.09. The van der Waals surface area contributed by atoms with Gasteiger partial charge in [-0.15, -0.1) is 0 Å². The summed E-state index contributed by atoms with van der Waals surface area (Å²) >= 11 is 6.30. The lowest BCUT2D eigenvalue weighted by Gasteiger charge is -2.32. The lowest BCUT2D eigenvalue weighted by Crippen LogP contribution is -2.43. The fourth-order valence-corrected chi connectivity index (χ4v) is 4.12. The molecule has 192 valence electrons. The summed E-state index contributed by atoms with van der Waals surface area (Å²) in [7, 11) is 4.49. The molecule has 1 aromatic carbocycles. The van der Waals surface area contributed by atoms with Crippen LogP contribution in [0.1, 0.15) is 12.8 Å². The predicted molar refractivity (Wildman–Crippen MR) is 132 cm³/mol. The van der Waals surface area contributed by atoms with Crippen molar-refractivity contribution >= 4 is 45.9 Å². The van der Waals surface area contributed by atoms with Crippen molar-refractivity contribution in [1.82, 2.24) is 19.9 Å². The number of fused-ring (bicyclic) bond motifs is 1. The maximum Gasteiger partial charge on any atom is 0.293 e. The van der Waals surface area contributed by atoms with E-state index in [2.05, 4.69) is 20.6 Å². The van der Waals surface area contributed by atoms with Gasteiger partial charge in [-0.2, -0.15) is 4.98 Å². The molecule has 0 saturated carbocycles. The number of aromatic nitrogens is 3. The number of carbonyl (C=O) groups excluding carboxylic acids is 1. The molecule has 1 aliphatic heterocycles. The van der Waals surface area contributed by atoms with Crippen molar-refractivity contribution in [3.05, 3.63) is 39.8 Å². The summed E-state index contributed by atoms with van der Waals surface area (Å²) in [6.07, 6.45) is 1.51. The van der Waals surface area contributed by atoms with Crippen LogP contribution >= 0.6 is 11.6 Å². The van der Waals surface area contributed by atoms with Crippen LogP contribution < -0.4 is 30.6 Å². The van der Waals surface area contributed by atoms with Gasteiger partial charge in [0.25, 0.3) is 17.4 Å². The molecule has 1 amide bonds. The maximum absolute atomic E-state index is 13.9. The lowest BCUT2D eigenvalue weighted by molar-refractivity contribution is -0.122. The van der Waals surface area contributed by atoms with E-state index in [0.717, 1.165) is 0 Å². The monoisotopic (exact) mass is 522 g/mol. The minimum atomic E-state index is -2.81. The van der Waals surface area contributed by atoms with Gasteiger partial charge in [0.2, 0.25) is 5.95 Å². The number of halogens is 3. The van der Waals surface area contributed by atoms with Crippen LogP contribution in [0.15, 0.2) is 29.2 Å². The molecule has 0 bridgehead atoms. The summed E-state index contributed by atoms with van der Waals surface area (Å²) in [6.45, 7) is -0.376. The molecule has 10 nitrogen and oxygen atoms in total. The minimum Gasteiger partial charge on any atom is -0.494 e. The number of rotatable bonds is 7. The van der Waals surface area contributed by atoms with Gasteiger partial charge in [0.15, 0.2) is 18.2 Å². The zero-order valence-corrected chi connectivity index (χ0v) is 20.7. The molecule has 1 saturated heterocycles.